The van der Waals surface area contributed by atoms with E-state index in [4.69, 9.17) is 4.42 Å². The fraction of sp³-hybridized carbons (Fsp3) is 0.176. The van der Waals surface area contributed by atoms with E-state index in [0.29, 0.717) is 24.9 Å². The Hall–Kier alpha value is -2.69. The zero-order valence-electron chi connectivity index (χ0n) is 12.2. The molecule has 0 unspecified atom stereocenters. The molecular formula is C17H16FN3O. The number of halogens is 1. The van der Waals surface area contributed by atoms with Gasteiger partial charge in [-0.2, -0.15) is 0 Å². The molecule has 0 spiro atoms. The van der Waals surface area contributed by atoms with Crippen LogP contribution < -0.4 is 4.90 Å². The van der Waals surface area contributed by atoms with Gasteiger partial charge in [-0.25, -0.2) is 4.39 Å². The maximum Gasteiger partial charge on any atom is 0.247 e. The number of rotatable bonds is 5. The zero-order chi connectivity index (χ0) is 15.4. The number of aromatic nitrogens is 2. The lowest BCUT2D eigenvalue weighted by molar-refractivity contribution is 0.499. The van der Waals surface area contributed by atoms with Crippen LogP contribution in [-0.2, 0) is 6.54 Å². The monoisotopic (exact) mass is 297 g/mol. The summed E-state index contributed by atoms with van der Waals surface area (Å²) in [6, 6.07) is 16.1. The van der Waals surface area contributed by atoms with Crippen molar-refractivity contribution < 1.29 is 8.81 Å². The van der Waals surface area contributed by atoms with E-state index >= 15 is 0 Å². The summed E-state index contributed by atoms with van der Waals surface area (Å²) < 4.78 is 19.0. The molecule has 4 nitrogen and oxygen atoms in total. The van der Waals surface area contributed by atoms with E-state index in [2.05, 4.69) is 10.2 Å². The van der Waals surface area contributed by atoms with Crippen molar-refractivity contribution in [3.63, 3.8) is 0 Å². The molecule has 0 aliphatic heterocycles. The van der Waals surface area contributed by atoms with Crippen LogP contribution in [0, 0.1) is 5.82 Å². The Morgan fingerprint density at radius 2 is 1.86 bits per heavy atom. The molecule has 0 aliphatic rings. The second kappa shape index (κ2) is 6.39. The fourth-order valence-electron chi connectivity index (χ4n) is 2.24. The van der Waals surface area contributed by atoms with E-state index in [9.17, 15) is 4.39 Å². The number of hydrogen-bond acceptors (Lipinski definition) is 4. The van der Waals surface area contributed by atoms with Crippen molar-refractivity contribution in [2.24, 2.45) is 0 Å². The smallest absolute Gasteiger partial charge is 0.247 e. The molecule has 0 saturated heterocycles. The Bertz CT molecular complexity index is 742. The standard InChI is InChI=1S/C17H16FN3O/c1-2-21(15-10-6-9-14(18)11-15)12-16-19-20-17(22-16)13-7-4-3-5-8-13/h3-11H,2,12H2,1H3. The summed E-state index contributed by atoms with van der Waals surface area (Å²) in [7, 11) is 0. The first-order valence-electron chi connectivity index (χ1n) is 7.14. The van der Waals surface area contributed by atoms with Crippen LogP contribution in [0.25, 0.3) is 11.5 Å². The van der Waals surface area contributed by atoms with E-state index in [1.165, 1.54) is 12.1 Å². The van der Waals surface area contributed by atoms with Crippen LogP contribution in [-0.4, -0.2) is 16.7 Å². The normalized spacial score (nSPS) is 10.6. The van der Waals surface area contributed by atoms with Crippen LogP contribution >= 0.6 is 0 Å². The van der Waals surface area contributed by atoms with Gasteiger partial charge in [0.15, 0.2) is 0 Å². The van der Waals surface area contributed by atoms with Gasteiger partial charge in [0.05, 0.1) is 6.54 Å². The highest BCUT2D eigenvalue weighted by Crippen LogP contribution is 2.20. The van der Waals surface area contributed by atoms with Crippen molar-refractivity contribution in [1.82, 2.24) is 10.2 Å². The maximum atomic E-state index is 13.4. The summed E-state index contributed by atoms with van der Waals surface area (Å²) in [5, 5.41) is 8.14. The minimum Gasteiger partial charge on any atom is -0.419 e. The Labute approximate surface area is 128 Å². The van der Waals surface area contributed by atoms with Gasteiger partial charge >= 0.3 is 0 Å². The highest BCUT2D eigenvalue weighted by Gasteiger charge is 2.12. The fourth-order valence-corrected chi connectivity index (χ4v) is 2.24. The lowest BCUT2D eigenvalue weighted by atomic mass is 10.2. The molecule has 0 atom stereocenters. The average molecular weight is 297 g/mol. The van der Waals surface area contributed by atoms with Gasteiger partial charge < -0.3 is 9.32 Å². The Balaban J connectivity index is 1.79. The molecule has 3 rings (SSSR count). The molecule has 0 radical (unpaired) electrons. The third-order valence-corrected chi connectivity index (χ3v) is 3.37. The quantitative estimate of drug-likeness (QED) is 0.716. The molecule has 2 aromatic carbocycles. The first-order valence-corrected chi connectivity index (χ1v) is 7.14. The molecule has 3 aromatic rings. The van der Waals surface area contributed by atoms with Gasteiger partial charge in [-0.15, -0.1) is 10.2 Å². The first kappa shape index (κ1) is 14.3. The van der Waals surface area contributed by atoms with Gasteiger partial charge in [-0.05, 0) is 37.3 Å². The second-order valence-corrected chi connectivity index (χ2v) is 4.86. The van der Waals surface area contributed by atoms with E-state index in [1.54, 1.807) is 6.07 Å². The Morgan fingerprint density at radius 1 is 1.05 bits per heavy atom. The predicted octanol–water partition coefficient (Wildman–Crippen LogP) is 3.90. The highest BCUT2D eigenvalue weighted by molar-refractivity contribution is 5.52. The largest absolute Gasteiger partial charge is 0.419 e. The minimum absolute atomic E-state index is 0.258. The van der Waals surface area contributed by atoms with Crippen molar-refractivity contribution >= 4 is 5.69 Å². The SMILES string of the molecule is CCN(Cc1nnc(-c2ccccc2)o1)c1cccc(F)c1. The summed E-state index contributed by atoms with van der Waals surface area (Å²) in [6.45, 7) is 3.16. The number of nitrogens with zero attached hydrogens (tertiary/aromatic N) is 3. The molecule has 22 heavy (non-hydrogen) atoms. The van der Waals surface area contributed by atoms with Crippen LogP contribution in [0.1, 0.15) is 12.8 Å². The number of hydrogen-bond donors (Lipinski definition) is 0. The Kier molecular flexibility index (Phi) is 4.14. The molecule has 0 aliphatic carbocycles. The molecular weight excluding hydrogens is 281 g/mol. The third-order valence-electron chi connectivity index (χ3n) is 3.37. The van der Waals surface area contributed by atoms with Crippen molar-refractivity contribution in [3.8, 4) is 11.5 Å². The van der Waals surface area contributed by atoms with E-state index in [-0.39, 0.29) is 5.82 Å². The number of anilines is 1. The van der Waals surface area contributed by atoms with E-state index in [1.807, 2.05) is 48.2 Å². The van der Waals surface area contributed by atoms with E-state index < -0.39 is 0 Å². The lowest BCUT2D eigenvalue weighted by Gasteiger charge is -2.20. The van der Waals surface area contributed by atoms with Gasteiger partial charge in [-0.1, -0.05) is 24.3 Å². The van der Waals surface area contributed by atoms with Gasteiger partial charge in [-0.3, -0.25) is 0 Å². The summed E-state index contributed by atoms with van der Waals surface area (Å²) in [5.41, 5.74) is 1.68. The van der Waals surface area contributed by atoms with Crippen LogP contribution in [0.2, 0.25) is 0 Å². The zero-order valence-corrected chi connectivity index (χ0v) is 12.2. The van der Waals surface area contributed by atoms with Crippen LogP contribution in [0.3, 0.4) is 0 Å². The van der Waals surface area contributed by atoms with Crippen molar-refractivity contribution in [3.05, 3.63) is 66.3 Å². The Morgan fingerprint density at radius 3 is 2.59 bits per heavy atom. The first-order chi connectivity index (χ1) is 10.8. The van der Waals surface area contributed by atoms with E-state index in [0.717, 1.165) is 11.3 Å². The number of benzene rings is 2. The third kappa shape index (κ3) is 3.14. The minimum atomic E-state index is -0.258. The molecule has 0 saturated carbocycles. The van der Waals surface area contributed by atoms with Crippen molar-refractivity contribution in [2.75, 3.05) is 11.4 Å². The van der Waals surface area contributed by atoms with Crippen molar-refractivity contribution in [1.29, 1.82) is 0 Å². The van der Waals surface area contributed by atoms with Crippen LogP contribution in [0.5, 0.6) is 0 Å². The summed E-state index contributed by atoms with van der Waals surface area (Å²) in [6.07, 6.45) is 0. The van der Waals surface area contributed by atoms with Crippen LogP contribution in [0.4, 0.5) is 10.1 Å². The summed E-state index contributed by atoms with van der Waals surface area (Å²) in [5.74, 6) is 0.738. The van der Waals surface area contributed by atoms with Gasteiger partial charge in [0.2, 0.25) is 11.8 Å². The molecule has 112 valence electrons. The second-order valence-electron chi connectivity index (χ2n) is 4.86. The van der Waals surface area contributed by atoms with Gasteiger partial charge in [0.1, 0.15) is 5.82 Å². The molecule has 0 amide bonds. The maximum absolute atomic E-state index is 13.4. The van der Waals surface area contributed by atoms with Gasteiger partial charge in [0, 0.05) is 17.8 Å². The molecule has 1 heterocycles. The van der Waals surface area contributed by atoms with Gasteiger partial charge in [0.25, 0.3) is 0 Å². The predicted molar refractivity (Wildman–Crippen MR) is 82.9 cm³/mol. The van der Waals surface area contributed by atoms with Crippen LogP contribution in [0.15, 0.2) is 59.0 Å². The molecule has 5 heteroatoms. The summed E-state index contributed by atoms with van der Waals surface area (Å²) in [4.78, 5) is 1.98. The van der Waals surface area contributed by atoms with Crippen molar-refractivity contribution in [2.45, 2.75) is 13.5 Å². The summed E-state index contributed by atoms with van der Waals surface area (Å²) >= 11 is 0. The molecule has 0 bridgehead atoms. The average Bonchev–Trinajstić information content (AvgIpc) is 3.02. The molecule has 1 aromatic heterocycles. The highest BCUT2D eigenvalue weighted by atomic mass is 19.1. The lowest BCUT2D eigenvalue weighted by Crippen LogP contribution is -2.22. The topological polar surface area (TPSA) is 42.2 Å². The molecule has 0 fully saturated rings. The molecule has 0 N–H and O–H groups in total.